The highest BCUT2D eigenvalue weighted by atomic mass is 16.5. The van der Waals surface area contributed by atoms with Crippen LogP contribution in [-0.4, -0.2) is 53.0 Å². The average molecular weight is 489 g/mol. The van der Waals surface area contributed by atoms with E-state index in [2.05, 4.69) is 10.3 Å². The smallest absolute Gasteiger partial charge is 0.260 e. The van der Waals surface area contributed by atoms with Crippen molar-refractivity contribution in [3.05, 3.63) is 83.7 Å². The molecule has 1 aromatic heterocycles. The minimum Gasteiger partial charge on any atom is -0.508 e. The number of hydrogen-bond donors (Lipinski definition) is 2. The number of benzene rings is 2. The molecular weight excluding hydrogens is 456 g/mol. The maximum Gasteiger partial charge on any atom is 0.260 e. The number of nitrogens with zero attached hydrogens (tertiary/aromatic N) is 3. The van der Waals surface area contributed by atoms with E-state index in [1.165, 1.54) is 0 Å². The monoisotopic (exact) mass is 488 g/mol. The molecule has 2 heterocycles. The van der Waals surface area contributed by atoms with E-state index in [4.69, 9.17) is 14.6 Å². The highest BCUT2D eigenvalue weighted by molar-refractivity contribution is 6.02. The molecule has 1 atom stereocenters. The van der Waals surface area contributed by atoms with Gasteiger partial charge in [-0.2, -0.15) is 5.10 Å². The van der Waals surface area contributed by atoms with Crippen LogP contribution in [0.25, 0.3) is 0 Å². The van der Waals surface area contributed by atoms with Gasteiger partial charge in [0.2, 0.25) is 0 Å². The quantitative estimate of drug-likeness (QED) is 0.449. The van der Waals surface area contributed by atoms with Gasteiger partial charge in [-0.1, -0.05) is 12.1 Å². The van der Waals surface area contributed by atoms with Gasteiger partial charge in [-0.25, -0.2) is 5.01 Å². The van der Waals surface area contributed by atoms with Crippen LogP contribution >= 0.6 is 0 Å². The van der Waals surface area contributed by atoms with E-state index in [1.807, 2.05) is 49.4 Å². The van der Waals surface area contributed by atoms with E-state index in [0.29, 0.717) is 37.6 Å². The maximum atomic E-state index is 13.7. The number of ether oxygens (including phenoxy) is 2. The Hall–Kier alpha value is -3.91. The number of rotatable bonds is 10. The predicted molar refractivity (Wildman–Crippen MR) is 138 cm³/mol. The maximum absolute atomic E-state index is 13.7. The summed E-state index contributed by atoms with van der Waals surface area (Å²) in [6.45, 7) is 3.54. The molecule has 0 radical (unpaired) electrons. The number of carbonyl (C=O) groups excluding carboxylic acids is 1. The van der Waals surface area contributed by atoms with Crippen LogP contribution in [0.1, 0.15) is 36.5 Å². The summed E-state index contributed by atoms with van der Waals surface area (Å²) < 4.78 is 11.1. The van der Waals surface area contributed by atoms with Crippen LogP contribution in [0.15, 0.2) is 72.1 Å². The lowest BCUT2D eigenvalue weighted by molar-refractivity contribution is -0.133. The zero-order chi connectivity index (χ0) is 25.3. The second kappa shape index (κ2) is 12.2. The van der Waals surface area contributed by atoms with Gasteiger partial charge in [0.05, 0.1) is 25.5 Å². The van der Waals surface area contributed by atoms with E-state index < -0.39 is 6.04 Å². The van der Waals surface area contributed by atoms with Crippen molar-refractivity contribution in [1.82, 2.24) is 15.3 Å². The summed E-state index contributed by atoms with van der Waals surface area (Å²) in [6, 6.07) is 16.0. The Bertz CT molecular complexity index is 1180. The molecule has 2 N–H and O–H groups in total. The van der Waals surface area contributed by atoms with Crippen LogP contribution in [0, 0.1) is 0 Å². The lowest BCUT2D eigenvalue weighted by atomic mass is 10.0. The summed E-state index contributed by atoms with van der Waals surface area (Å²) in [5.41, 5.74) is 3.75. The van der Waals surface area contributed by atoms with E-state index in [0.717, 1.165) is 35.2 Å². The molecule has 188 valence electrons. The first-order valence-electron chi connectivity index (χ1n) is 12.2. The summed E-state index contributed by atoms with van der Waals surface area (Å²) in [7, 11) is 1.61. The number of hydrazone groups is 1. The Morgan fingerprint density at radius 3 is 2.58 bits per heavy atom. The van der Waals surface area contributed by atoms with Crippen LogP contribution in [0.3, 0.4) is 0 Å². The zero-order valence-electron chi connectivity index (χ0n) is 20.7. The zero-order valence-corrected chi connectivity index (χ0v) is 20.7. The molecule has 0 aliphatic carbocycles. The number of pyridine rings is 1. The number of carbonyl (C=O) groups is 1. The van der Waals surface area contributed by atoms with Crippen LogP contribution in [0.2, 0.25) is 0 Å². The van der Waals surface area contributed by atoms with E-state index >= 15 is 0 Å². The molecule has 0 spiro atoms. The molecule has 0 unspecified atom stereocenters. The largest absolute Gasteiger partial charge is 0.508 e. The van der Waals surface area contributed by atoms with Gasteiger partial charge in [0.1, 0.15) is 5.75 Å². The van der Waals surface area contributed by atoms with Crippen molar-refractivity contribution in [3.8, 4) is 17.2 Å². The lowest BCUT2D eigenvalue weighted by Gasteiger charge is -2.28. The minimum absolute atomic E-state index is 0.0899. The Morgan fingerprint density at radius 2 is 1.86 bits per heavy atom. The van der Waals surface area contributed by atoms with Crippen molar-refractivity contribution in [1.29, 1.82) is 0 Å². The number of nitrogens with one attached hydrogen (secondary N) is 1. The predicted octanol–water partition coefficient (Wildman–Crippen LogP) is 3.92. The van der Waals surface area contributed by atoms with Crippen LogP contribution in [-0.2, 0) is 17.8 Å². The van der Waals surface area contributed by atoms with Gasteiger partial charge in [0.15, 0.2) is 11.5 Å². The molecule has 1 aliphatic rings. The number of amides is 1. The number of aromatic nitrogens is 1. The van der Waals surface area contributed by atoms with Gasteiger partial charge in [0.25, 0.3) is 5.91 Å². The topological polar surface area (TPSA) is 96.3 Å². The first-order valence-corrected chi connectivity index (χ1v) is 12.2. The van der Waals surface area contributed by atoms with Crippen molar-refractivity contribution in [3.63, 3.8) is 0 Å². The molecule has 2 aromatic carbocycles. The fourth-order valence-electron chi connectivity index (χ4n) is 4.16. The molecule has 1 amide bonds. The number of hydrogen-bond acceptors (Lipinski definition) is 7. The Labute approximate surface area is 211 Å². The Balaban J connectivity index is 1.56. The van der Waals surface area contributed by atoms with Crippen molar-refractivity contribution in [2.24, 2.45) is 5.10 Å². The van der Waals surface area contributed by atoms with Gasteiger partial charge in [0, 0.05) is 31.0 Å². The molecule has 3 aromatic rings. The van der Waals surface area contributed by atoms with Crippen molar-refractivity contribution >= 4 is 11.6 Å². The molecule has 1 aliphatic heterocycles. The van der Waals surface area contributed by atoms with Gasteiger partial charge in [-0.05, 0) is 79.8 Å². The standard InChI is InChI=1S/C28H32N4O4/c1-3-36-27-18-22(8-11-26(27)35-2)24-5-4-16-32(31-24)28(34)25(17-20-6-9-23(33)10-7-20)30-19-21-12-14-29-15-13-21/h6-15,18,25,30,33H,3-5,16-17,19H2,1-2H3/t25-/m0/s1. The fraction of sp³-hybridized carbons (Fsp3) is 0.321. The number of methoxy groups -OCH3 is 1. The fourth-order valence-corrected chi connectivity index (χ4v) is 4.16. The lowest BCUT2D eigenvalue weighted by Crippen LogP contribution is -2.47. The van der Waals surface area contributed by atoms with Crippen LogP contribution in [0.5, 0.6) is 17.2 Å². The third-order valence-electron chi connectivity index (χ3n) is 6.05. The molecule has 4 rings (SSSR count). The first kappa shape index (κ1) is 25.2. The van der Waals surface area contributed by atoms with Crippen molar-refractivity contribution < 1.29 is 19.4 Å². The van der Waals surface area contributed by atoms with E-state index in [-0.39, 0.29) is 11.7 Å². The van der Waals surface area contributed by atoms with Gasteiger partial charge < -0.3 is 19.9 Å². The van der Waals surface area contributed by atoms with Gasteiger partial charge in [-0.3, -0.25) is 9.78 Å². The average Bonchev–Trinajstić information content (AvgIpc) is 2.92. The van der Waals surface area contributed by atoms with E-state index in [9.17, 15) is 9.90 Å². The Morgan fingerprint density at radius 1 is 1.08 bits per heavy atom. The van der Waals surface area contributed by atoms with Crippen molar-refractivity contribution in [2.45, 2.75) is 38.8 Å². The second-order valence-electron chi connectivity index (χ2n) is 8.57. The normalized spacial score (nSPS) is 14.2. The molecule has 8 nitrogen and oxygen atoms in total. The number of phenolic OH excluding ortho intramolecular Hbond substituents is 1. The highest BCUT2D eigenvalue weighted by Crippen LogP contribution is 2.29. The summed E-state index contributed by atoms with van der Waals surface area (Å²) in [5.74, 6) is 1.43. The highest BCUT2D eigenvalue weighted by Gasteiger charge is 2.27. The van der Waals surface area contributed by atoms with Gasteiger partial charge >= 0.3 is 0 Å². The number of phenols is 1. The molecular formula is C28H32N4O4. The third kappa shape index (κ3) is 6.40. The molecule has 8 heteroatoms. The summed E-state index contributed by atoms with van der Waals surface area (Å²) >= 11 is 0. The van der Waals surface area contributed by atoms with Crippen LogP contribution in [0.4, 0.5) is 0 Å². The van der Waals surface area contributed by atoms with Crippen molar-refractivity contribution in [2.75, 3.05) is 20.3 Å². The summed E-state index contributed by atoms with van der Waals surface area (Å²) in [5, 5.41) is 19.4. The van der Waals surface area contributed by atoms with Crippen LogP contribution < -0.4 is 14.8 Å². The third-order valence-corrected chi connectivity index (χ3v) is 6.05. The molecule has 0 saturated carbocycles. The first-order chi connectivity index (χ1) is 17.6. The molecule has 0 bridgehead atoms. The number of aromatic hydroxyl groups is 1. The summed E-state index contributed by atoms with van der Waals surface area (Å²) in [4.78, 5) is 17.7. The molecule has 0 saturated heterocycles. The SMILES string of the molecule is CCOc1cc(C2=NN(C(=O)[C@H](Cc3ccc(O)cc3)NCc3ccncc3)CCC2)ccc1OC. The summed E-state index contributed by atoms with van der Waals surface area (Å²) in [6.07, 6.45) is 5.54. The minimum atomic E-state index is -0.485. The molecule has 36 heavy (non-hydrogen) atoms. The molecule has 0 fully saturated rings. The Kier molecular flexibility index (Phi) is 8.52. The second-order valence-corrected chi connectivity index (χ2v) is 8.57. The van der Waals surface area contributed by atoms with E-state index in [1.54, 1.807) is 36.6 Å². The van der Waals surface area contributed by atoms with Gasteiger partial charge in [-0.15, -0.1) is 0 Å².